The third-order valence-electron chi connectivity index (χ3n) is 4.03. The summed E-state index contributed by atoms with van der Waals surface area (Å²) in [5.41, 5.74) is 0.719. The van der Waals surface area contributed by atoms with Gasteiger partial charge in [0.1, 0.15) is 8.07 Å². The van der Waals surface area contributed by atoms with Crippen molar-refractivity contribution in [2.24, 2.45) is 0 Å². The van der Waals surface area contributed by atoms with Crippen LogP contribution < -0.4 is 0 Å². The lowest BCUT2D eigenvalue weighted by Gasteiger charge is -2.39. The van der Waals surface area contributed by atoms with Crippen molar-refractivity contribution in [2.45, 2.75) is 60.9 Å². The first-order valence-corrected chi connectivity index (χ1v) is 8.37. The summed E-state index contributed by atoms with van der Waals surface area (Å²) in [6.45, 7) is 18.2. The lowest BCUT2D eigenvalue weighted by molar-refractivity contribution is 1.01. The van der Waals surface area contributed by atoms with Crippen LogP contribution in [0, 0.1) is 0 Å². The summed E-state index contributed by atoms with van der Waals surface area (Å²) >= 11 is 0. The maximum Gasteiger partial charge on any atom is 0.136 e. The Balaban J connectivity index is 6.01. The Kier molecular flexibility index (Phi) is 6.02. The first kappa shape index (κ1) is 15.4. The van der Waals surface area contributed by atoms with E-state index in [0.29, 0.717) is 0 Å². The van der Waals surface area contributed by atoms with Gasteiger partial charge in [-0.1, -0.05) is 47.7 Å². The van der Waals surface area contributed by atoms with Crippen LogP contribution in [0.2, 0.25) is 5.54 Å². The fourth-order valence-electron chi connectivity index (χ4n) is 2.98. The van der Waals surface area contributed by atoms with Crippen molar-refractivity contribution in [3.05, 3.63) is 33.8 Å². The summed E-state index contributed by atoms with van der Waals surface area (Å²) < 4.78 is 0. The van der Waals surface area contributed by atoms with Gasteiger partial charge in [0.2, 0.25) is 0 Å². The van der Waals surface area contributed by atoms with Crippen molar-refractivity contribution in [3.8, 4) is 0 Å². The van der Waals surface area contributed by atoms with Gasteiger partial charge in [0, 0.05) is 0 Å². The van der Waals surface area contributed by atoms with E-state index in [9.17, 15) is 0 Å². The normalized spacial score (nSPS) is 18.9. The average Bonchev–Trinajstić information content (AvgIpc) is 2.28. The van der Waals surface area contributed by atoms with Gasteiger partial charge >= 0.3 is 0 Å². The second kappa shape index (κ2) is 6.24. The molecule has 0 unspecified atom stereocenters. The van der Waals surface area contributed by atoms with Crippen molar-refractivity contribution < 1.29 is 0 Å². The minimum absolute atomic E-state index is 0.719. The first-order chi connectivity index (χ1) is 7.39. The Labute approximate surface area is 103 Å². The molecule has 0 fully saturated rings. The van der Waals surface area contributed by atoms with Crippen LogP contribution in [-0.4, -0.2) is 8.07 Å². The maximum atomic E-state index is 2.37. The molecular formula is C15H28Si. The van der Waals surface area contributed by atoms with E-state index in [4.69, 9.17) is 0 Å². The lowest BCUT2D eigenvalue weighted by atomic mass is 10.5. The molecule has 92 valence electrons. The van der Waals surface area contributed by atoms with Crippen molar-refractivity contribution >= 4 is 8.07 Å². The zero-order chi connectivity index (χ0) is 12.9. The second-order valence-corrected chi connectivity index (χ2v) is 10.0. The van der Waals surface area contributed by atoms with Crippen LogP contribution in [0.3, 0.4) is 0 Å². The molecule has 0 saturated carbocycles. The minimum atomic E-state index is -1.60. The van der Waals surface area contributed by atoms with Gasteiger partial charge in [-0.25, -0.2) is 0 Å². The monoisotopic (exact) mass is 236 g/mol. The molecule has 0 aliphatic carbocycles. The van der Waals surface area contributed by atoms with Gasteiger partial charge in [-0.15, -0.1) is 0 Å². The summed E-state index contributed by atoms with van der Waals surface area (Å²) in [6, 6.07) is 0. The molecule has 0 bridgehead atoms. The second-order valence-electron chi connectivity index (χ2n) is 4.88. The van der Waals surface area contributed by atoms with E-state index in [1.54, 1.807) is 15.6 Å². The number of rotatable bonds is 4. The van der Waals surface area contributed by atoms with E-state index in [2.05, 4.69) is 73.6 Å². The molecule has 0 rings (SSSR count). The number of hydrogen-bond acceptors (Lipinski definition) is 0. The molecule has 0 N–H and O–H groups in total. The van der Waals surface area contributed by atoms with Crippen molar-refractivity contribution in [1.29, 1.82) is 0 Å². The predicted octanol–water partition coefficient (Wildman–Crippen LogP) is 5.36. The molecule has 0 spiro atoms. The fourth-order valence-corrected chi connectivity index (χ4v) is 8.95. The molecular weight excluding hydrogens is 208 g/mol. The van der Waals surface area contributed by atoms with Crippen LogP contribution in [0.5, 0.6) is 0 Å². The first-order valence-electron chi connectivity index (χ1n) is 6.29. The molecule has 16 heavy (non-hydrogen) atoms. The van der Waals surface area contributed by atoms with Gasteiger partial charge in [0.15, 0.2) is 0 Å². The number of hydrogen-bond donors (Lipinski definition) is 0. The highest BCUT2D eigenvalue weighted by molar-refractivity contribution is 6.99. The number of allylic oxidation sites excluding steroid dienone is 6. The molecule has 0 aromatic carbocycles. The van der Waals surface area contributed by atoms with Gasteiger partial charge in [-0.05, 0) is 47.1 Å². The molecule has 0 amide bonds. The Morgan fingerprint density at radius 3 is 1.12 bits per heavy atom. The van der Waals surface area contributed by atoms with Gasteiger partial charge in [-0.3, -0.25) is 0 Å². The van der Waals surface area contributed by atoms with Crippen molar-refractivity contribution in [3.63, 3.8) is 0 Å². The van der Waals surface area contributed by atoms with E-state index >= 15 is 0 Å². The topological polar surface area (TPSA) is 0 Å². The van der Waals surface area contributed by atoms with Crippen LogP contribution in [0.25, 0.3) is 0 Å². The summed E-state index contributed by atoms with van der Waals surface area (Å²) in [7, 11) is -1.60. The maximum absolute atomic E-state index is 2.37. The quantitative estimate of drug-likeness (QED) is 0.576. The summed E-state index contributed by atoms with van der Waals surface area (Å²) in [6.07, 6.45) is 6.94. The Morgan fingerprint density at radius 1 is 0.750 bits per heavy atom. The van der Waals surface area contributed by atoms with Crippen LogP contribution in [0.1, 0.15) is 55.4 Å². The summed E-state index contributed by atoms with van der Waals surface area (Å²) in [5, 5.41) is 4.77. The molecule has 0 nitrogen and oxygen atoms in total. The average molecular weight is 236 g/mol. The highest BCUT2D eigenvalue weighted by Gasteiger charge is 2.40. The zero-order valence-corrected chi connectivity index (χ0v) is 13.3. The predicted molar refractivity (Wildman–Crippen MR) is 79.1 cm³/mol. The third-order valence-corrected chi connectivity index (χ3v) is 10.4. The molecule has 0 aromatic rings. The van der Waals surface area contributed by atoms with E-state index in [0.717, 1.165) is 5.54 Å². The van der Waals surface area contributed by atoms with Crippen molar-refractivity contribution in [2.75, 3.05) is 0 Å². The lowest BCUT2D eigenvalue weighted by Crippen LogP contribution is -2.43. The largest absolute Gasteiger partial charge is 0.136 e. The van der Waals surface area contributed by atoms with Crippen molar-refractivity contribution in [1.82, 2.24) is 0 Å². The van der Waals surface area contributed by atoms with Gasteiger partial charge < -0.3 is 0 Å². The third kappa shape index (κ3) is 2.40. The van der Waals surface area contributed by atoms with Crippen LogP contribution in [0.15, 0.2) is 33.8 Å². The molecule has 0 aliphatic heterocycles. The highest BCUT2D eigenvalue weighted by atomic mass is 28.3. The van der Waals surface area contributed by atoms with Gasteiger partial charge in [0.05, 0.1) is 0 Å². The van der Waals surface area contributed by atoms with Crippen LogP contribution >= 0.6 is 0 Å². The summed E-state index contributed by atoms with van der Waals surface area (Å²) in [5.74, 6) is 0. The molecule has 0 aliphatic rings. The highest BCUT2D eigenvalue weighted by Crippen LogP contribution is 2.40. The fraction of sp³-hybridized carbons (Fsp3) is 0.600. The summed E-state index contributed by atoms with van der Waals surface area (Å²) in [4.78, 5) is 0. The van der Waals surface area contributed by atoms with Crippen LogP contribution in [0.4, 0.5) is 0 Å². The van der Waals surface area contributed by atoms with E-state index < -0.39 is 8.07 Å². The standard InChI is InChI=1S/C15H28Si/c1-9-13(6)16(12(4)5,14(7)10-2)15(8)11-3/h9-12H,1-8H3. The Morgan fingerprint density at radius 2 is 1.00 bits per heavy atom. The minimum Gasteiger partial charge on any atom is -0.0919 e. The molecule has 1 heteroatoms. The van der Waals surface area contributed by atoms with E-state index in [1.165, 1.54) is 0 Å². The molecule has 0 aromatic heterocycles. The van der Waals surface area contributed by atoms with E-state index in [1.807, 2.05) is 0 Å². The Bertz CT molecular complexity index is 271. The smallest absolute Gasteiger partial charge is 0.0919 e. The van der Waals surface area contributed by atoms with Crippen LogP contribution in [-0.2, 0) is 0 Å². The SMILES string of the molecule is CC=C(C)[Si](C(C)=CC)(C(C)=CC)C(C)C. The molecule has 0 atom stereocenters. The Hall–Kier alpha value is -0.563. The van der Waals surface area contributed by atoms with Gasteiger partial charge in [0.25, 0.3) is 0 Å². The zero-order valence-electron chi connectivity index (χ0n) is 12.3. The molecule has 0 radical (unpaired) electrons. The molecule has 0 heterocycles. The van der Waals surface area contributed by atoms with Gasteiger partial charge in [-0.2, -0.15) is 0 Å². The van der Waals surface area contributed by atoms with E-state index in [-0.39, 0.29) is 0 Å². The molecule has 0 saturated heterocycles.